The van der Waals surface area contributed by atoms with E-state index < -0.39 is 0 Å². The molecule has 1 aliphatic carbocycles. The molecular weight excluding hydrogens is 244 g/mol. The van der Waals surface area contributed by atoms with Gasteiger partial charge < -0.3 is 4.57 Å². The second-order valence-corrected chi connectivity index (χ2v) is 5.71. The zero-order valence-electron chi connectivity index (χ0n) is 10.8. The molecule has 1 heterocycles. The van der Waals surface area contributed by atoms with Crippen LogP contribution in [0.1, 0.15) is 38.4 Å². The SMILES string of the molecule is CCC1(Cn2c(CCl)nc3ccccc32)CCC1. The molecule has 1 aromatic carbocycles. The quantitative estimate of drug-likeness (QED) is 0.749. The van der Waals surface area contributed by atoms with Crippen LogP contribution >= 0.6 is 11.6 Å². The van der Waals surface area contributed by atoms with Gasteiger partial charge in [-0.05, 0) is 36.8 Å². The summed E-state index contributed by atoms with van der Waals surface area (Å²) in [5, 5.41) is 0. The lowest BCUT2D eigenvalue weighted by molar-refractivity contribution is 0.101. The predicted molar refractivity (Wildman–Crippen MR) is 75.9 cm³/mol. The van der Waals surface area contributed by atoms with E-state index in [1.54, 1.807) is 0 Å². The normalized spacial score (nSPS) is 17.9. The van der Waals surface area contributed by atoms with E-state index in [2.05, 4.69) is 34.7 Å². The Balaban J connectivity index is 2.04. The Morgan fingerprint density at radius 1 is 1.33 bits per heavy atom. The summed E-state index contributed by atoms with van der Waals surface area (Å²) in [6, 6.07) is 8.34. The minimum Gasteiger partial charge on any atom is -0.326 e. The Labute approximate surface area is 113 Å². The van der Waals surface area contributed by atoms with Crippen molar-refractivity contribution in [1.29, 1.82) is 0 Å². The molecule has 18 heavy (non-hydrogen) atoms. The Bertz CT molecular complexity index is 549. The number of aromatic nitrogens is 2. The lowest BCUT2D eigenvalue weighted by Gasteiger charge is -2.42. The van der Waals surface area contributed by atoms with E-state index >= 15 is 0 Å². The first kappa shape index (κ1) is 12.0. The molecule has 0 unspecified atom stereocenters. The fraction of sp³-hybridized carbons (Fsp3) is 0.533. The van der Waals surface area contributed by atoms with Gasteiger partial charge in [0, 0.05) is 6.54 Å². The van der Waals surface area contributed by atoms with Gasteiger partial charge in [0.2, 0.25) is 0 Å². The summed E-state index contributed by atoms with van der Waals surface area (Å²) < 4.78 is 2.34. The average molecular weight is 263 g/mol. The van der Waals surface area contributed by atoms with Crippen LogP contribution in [0.25, 0.3) is 11.0 Å². The minimum atomic E-state index is 0.490. The number of halogens is 1. The van der Waals surface area contributed by atoms with E-state index in [0.717, 1.165) is 17.9 Å². The number of rotatable bonds is 4. The van der Waals surface area contributed by atoms with E-state index in [-0.39, 0.29) is 0 Å². The molecule has 0 aliphatic heterocycles. The number of nitrogens with zero attached hydrogens (tertiary/aromatic N) is 2. The van der Waals surface area contributed by atoms with Gasteiger partial charge in [-0.25, -0.2) is 4.98 Å². The third-order valence-electron chi connectivity index (χ3n) is 4.51. The lowest BCUT2D eigenvalue weighted by Crippen LogP contribution is -2.33. The molecule has 3 rings (SSSR count). The molecule has 1 saturated carbocycles. The fourth-order valence-corrected chi connectivity index (χ4v) is 3.24. The predicted octanol–water partition coefficient (Wildman–Crippen LogP) is 4.36. The summed E-state index contributed by atoms with van der Waals surface area (Å²) in [6.07, 6.45) is 5.31. The number of para-hydroxylation sites is 2. The largest absolute Gasteiger partial charge is 0.326 e. The Morgan fingerprint density at radius 3 is 2.72 bits per heavy atom. The van der Waals surface area contributed by atoms with Crippen LogP contribution in [-0.4, -0.2) is 9.55 Å². The Hall–Kier alpha value is -1.02. The van der Waals surface area contributed by atoms with Crippen molar-refractivity contribution in [3.05, 3.63) is 30.1 Å². The van der Waals surface area contributed by atoms with Crippen molar-refractivity contribution in [2.75, 3.05) is 0 Å². The fourth-order valence-electron chi connectivity index (χ4n) is 3.04. The number of alkyl halides is 1. The molecule has 0 bridgehead atoms. The van der Waals surface area contributed by atoms with Crippen molar-refractivity contribution >= 4 is 22.6 Å². The number of imidazole rings is 1. The van der Waals surface area contributed by atoms with Crippen molar-refractivity contribution in [3.63, 3.8) is 0 Å². The molecule has 2 aromatic rings. The van der Waals surface area contributed by atoms with Crippen LogP contribution in [-0.2, 0) is 12.4 Å². The third-order valence-corrected chi connectivity index (χ3v) is 4.75. The molecule has 96 valence electrons. The molecule has 0 saturated heterocycles. The molecule has 0 amide bonds. The van der Waals surface area contributed by atoms with E-state index in [0.29, 0.717) is 11.3 Å². The van der Waals surface area contributed by atoms with Crippen LogP contribution in [0.15, 0.2) is 24.3 Å². The molecule has 0 radical (unpaired) electrons. The van der Waals surface area contributed by atoms with Crippen LogP contribution < -0.4 is 0 Å². The van der Waals surface area contributed by atoms with Crippen molar-refractivity contribution in [3.8, 4) is 0 Å². The van der Waals surface area contributed by atoms with Gasteiger partial charge in [0.25, 0.3) is 0 Å². The van der Waals surface area contributed by atoms with Gasteiger partial charge in [-0.15, -0.1) is 11.6 Å². The van der Waals surface area contributed by atoms with Gasteiger partial charge in [-0.2, -0.15) is 0 Å². The monoisotopic (exact) mass is 262 g/mol. The maximum Gasteiger partial charge on any atom is 0.124 e. The van der Waals surface area contributed by atoms with Crippen molar-refractivity contribution in [2.24, 2.45) is 5.41 Å². The summed E-state index contributed by atoms with van der Waals surface area (Å²) in [4.78, 5) is 4.64. The van der Waals surface area contributed by atoms with Crippen LogP contribution in [0.5, 0.6) is 0 Å². The van der Waals surface area contributed by atoms with Crippen molar-refractivity contribution in [2.45, 2.75) is 45.0 Å². The standard InChI is InChI=1S/C15H19ClN2/c1-2-15(8-5-9-15)11-18-13-7-4-3-6-12(13)17-14(18)10-16/h3-4,6-7H,2,5,8-11H2,1H3. The maximum absolute atomic E-state index is 6.05. The Morgan fingerprint density at radius 2 is 2.11 bits per heavy atom. The molecule has 3 heteroatoms. The van der Waals surface area contributed by atoms with E-state index in [1.807, 2.05) is 6.07 Å². The van der Waals surface area contributed by atoms with Crippen LogP contribution in [0.2, 0.25) is 0 Å². The average Bonchev–Trinajstić information content (AvgIpc) is 2.71. The topological polar surface area (TPSA) is 17.8 Å². The van der Waals surface area contributed by atoms with Crippen molar-refractivity contribution in [1.82, 2.24) is 9.55 Å². The summed E-state index contributed by atoms with van der Waals surface area (Å²) >= 11 is 6.05. The lowest BCUT2D eigenvalue weighted by atomic mass is 9.67. The third kappa shape index (κ3) is 1.83. The Kier molecular flexibility index (Phi) is 3.06. The smallest absolute Gasteiger partial charge is 0.124 e. The first-order valence-corrected chi connectivity index (χ1v) is 7.31. The first-order chi connectivity index (χ1) is 8.78. The van der Waals surface area contributed by atoms with Gasteiger partial charge in [0.05, 0.1) is 16.9 Å². The number of benzene rings is 1. The highest BCUT2D eigenvalue weighted by Gasteiger charge is 2.36. The summed E-state index contributed by atoms with van der Waals surface area (Å²) in [6.45, 7) is 3.38. The second-order valence-electron chi connectivity index (χ2n) is 5.44. The first-order valence-electron chi connectivity index (χ1n) is 6.78. The second kappa shape index (κ2) is 4.58. The number of hydrogen-bond acceptors (Lipinski definition) is 1. The van der Waals surface area contributed by atoms with Crippen LogP contribution in [0, 0.1) is 5.41 Å². The highest BCUT2D eigenvalue weighted by Crippen LogP contribution is 2.45. The molecular formula is C15H19ClN2. The summed E-state index contributed by atoms with van der Waals surface area (Å²) in [7, 11) is 0. The zero-order chi connectivity index (χ0) is 12.6. The molecule has 2 nitrogen and oxygen atoms in total. The number of hydrogen-bond donors (Lipinski definition) is 0. The van der Waals surface area contributed by atoms with E-state index in [1.165, 1.54) is 31.2 Å². The summed E-state index contributed by atoms with van der Waals surface area (Å²) in [5.41, 5.74) is 2.79. The molecule has 0 N–H and O–H groups in total. The minimum absolute atomic E-state index is 0.490. The van der Waals surface area contributed by atoms with Gasteiger partial charge in [-0.1, -0.05) is 25.5 Å². The van der Waals surface area contributed by atoms with E-state index in [4.69, 9.17) is 11.6 Å². The van der Waals surface area contributed by atoms with Gasteiger partial charge in [0.1, 0.15) is 5.82 Å². The number of fused-ring (bicyclic) bond motifs is 1. The zero-order valence-corrected chi connectivity index (χ0v) is 11.6. The molecule has 0 atom stereocenters. The molecule has 1 aliphatic rings. The van der Waals surface area contributed by atoms with Crippen LogP contribution in [0.3, 0.4) is 0 Å². The molecule has 0 spiro atoms. The van der Waals surface area contributed by atoms with Crippen molar-refractivity contribution < 1.29 is 0 Å². The molecule has 1 fully saturated rings. The highest BCUT2D eigenvalue weighted by molar-refractivity contribution is 6.16. The van der Waals surface area contributed by atoms with Gasteiger partial charge >= 0.3 is 0 Å². The molecule has 1 aromatic heterocycles. The van der Waals surface area contributed by atoms with Gasteiger partial charge in [0.15, 0.2) is 0 Å². The van der Waals surface area contributed by atoms with Crippen LogP contribution in [0.4, 0.5) is 0 Å². The summed E-state index contributed by atoms with van der Waals surface area (Å²) in [5.74, 6) is 1.51. The van der Waals surface area contributed by atoms with E-state index in [9.17, 15) is 0 Å². The van der Waals surface area contributed by atoms with Gasteiger partial charge in [-0.3, -0.25) is 0 Å². The maximum atomic E-state index is 6.05. The highest BCUT2D eigenvalue weighted by atomic mass is 35.5.